The molecule has 0 unspecified atom stereocenters. The summed E-state index contributed by atoms with van der Waals surface area (Å²) in [5, 5.41) is 15.9. The van der Waals surface area contributed by atoms with Crippen LogP contribution in [0.5, 0.6) is 0 Å². The summed E-state index contributed by atoms with van der Waals surface area (Å²) in [6, 6.07) is 11.9. The number of piperazine rings is 1. The molecule has 1 aliphatic heterocycles. The fraction of sp³-hybridized carbons (Fsp3) is 0.500. The molecule has 7 heteroatoms. The van der Waals surface area contributed by atoms with E-state index >= 15 is 0 Å². The molecular formula is C20H30N6O. The Morgan fingerprint density at radius 2 is 1.85 bits per heavy atom. The van der Waals surface area contributed by atoms with Gasteiger partial charge in [-0.1, -0.05) is 30.3 Å². The summed E-state index contributed by atoms with van der Waals surface area (Å²) in [5.74, 6) is 1.32. The van der Waals surface area contributed by atoms with Gasteiger partial charge in [-0.05, 0) is 14.0 Å². The second-order valence-electron chi connectivity index (χ2n) is 7.13. The first-order valence-corrected chi connectivity index (χ1v) is 9.60. The van der Waals surface area contributed by atoms with E-state index in [2.05, 4.69) is 37.4 Å². The van der Waals surface area contributed by atoms with Crippen molar-refractivity contribution in [3.8, 4) is 11.3 Å². The Labute approximate surface area is 161 Å². The van der Waals surface area contributed by atoms with Crippen molar-refractivity contribution in [1.82, 2.24) is 19.8 Å². The minimum absolute atomic E-state index is 0.0328. The van der Waals surface area contributed by atoms with E-state index in [9.17, 15) is 5.11 Å². The minimum Gasteiger partial charge on any atom is -0.394 e. The SMILES string of the molecule is C[C@@H](CO)Nc1nc(NCCN2CCN(C)CC2)cc(-c2ccccc2)n1. The third-order valence-corrected chi connectivity index (χ3v) is 4.78. The van der Waals surface area contributed by atoms with Gasteiger partial charge in [0.1, 0.15) is 5.82 Å². The molecule has 1 aromatic heterocycles. The summed E-state index contributed by atoms with van der Waals surface area (Å²) < 4.78 is 0. The molecule has 1 saturated heterocycles. The lowest BCUT2D eigenvalue weighted by Gasteiger charge is -2.32. The van der Waals surface area contributed by atoms with Crippen LogP contribution in [0.3, 0.4) is 0 Å². The van der Waals surface area contributed by atoms with Crippen LogP contribution in [-0.2, 0) is 0 Å². The zero-order chi connectivity index (χ0) is 19.1. The highest BCUT2D eigenvalue weighted by atomic mass is 16.3. The smallest absolute Gasteiger partial charge is 0.225 e. The number of rotatable bonds is 8. The number of aliphatic hydroxyl groups excluding tert-OH is 1. The molecular weight excluding hydrogens is 340 g/mol. The molecule has 1 aromatic carbocycles. The lowest BCUT2D eigenvalue weighted by molar-refractivity contribution is 0.158. The Bertz CT molecular complexity index is 703. The van der Waals surface area contributed by atoms with Crippen molar-refractivity contribution >= 4 is 11.8 Å². The first-order chi connectivity index (χ1) is 13.1. The van der Waals surface area contributed by atoms with Crippen LogP contribution in [0.25, 0.3) is 11.3 Å². The van der Waals surface area contributed by atoms with E-state index in [-0.39, 0.29) is 12.6 Å². The number of hydrogen-bond donors (Lipinski definition) is 3. The minimum atomic E-state index is -0.103. The third kappa shape index (κ3) is 5.89. The van der Waals surface area contributed by atoms with Crippen LogP contribution in [0.1, 0.15) is 6.92 Å². The van der Waals surface area contributed by atoms with Crippen molar-refractivity contribution in [3.05, 3.63) is 36.4 Å². The number of likely N-dealkylation sites (N-methyl/N-ethyl adjacent to an activating group) is 1. The second-order valence-corrected chi connectivity index (χ2v) is 7.13. The maximum atomic E-state index is 9.31. The highest BCUT2D eigenvalue weighted by Crippen LogP contribution is 2.21. The molecule has 0 aliphatic carbocycles. The average molecular weight is 371 g/mol. The van der Waals surface area contributed by atoms with Gasteiger partial charge in [0, 0.05) is 56.9 Å². The fourth-order valence-electron chi connectivity index (χ4n) is 3.04. The zero-order valence-electron chi connectivity index (χ0n) is 16.2. The van der Waals surface area contributed by atoms with Gasteiger partial charge in [-0.3, -0.25) is 4.90 Å². The lowest BCUT2D eigenvalue weighted by atomic mass is 10.1. The maximum absolute atomic E-state index is 9.31. The summed E-state index contributed by atoms with van der Waals surface area (Å²) in [6.07, 6.45) is 0. The fourth-order valence-corrected chi connectivity index (χ4v) is 3.04. The van der Waals surface area contributed by atoms with Crippen LogP contribution in [0, 0.1) is 0 Å². The van der Waals surface area contributed by atoms with Crippen molar-refractivity contribution in [2.75, 3.05) is 63.6 Å². The summed E-state index contributed by atoms with van der Waals surface area (Å²) in [5.41, 5.74) is 1.90. The average Bonchev–Trinajstić information content (AvgIpc) is 2.70. The largest absolute Gasteiger partial charge is 0.394 e. The van der Waals surface area contributed by atoms with Gasteiger partial charge in [0.2, 0.25) is 5.95 Å². The quantitative estimate of drug-likeness (QED) is 0.651. The number of nitrogens with zero attached hydrogens (tertiary/aromatic N) is 4. The molecule has 2 aromatic rings. The van der Waals surface area contributed by atoms with Crippen molar-refractivity contribution < 1.29 is 5.11 Å². The number of aliphatic hydroxyl groups is 1. The monoisotopic (exact) mass is 370 g/mol. The number of hydrogen-bond acceptors (Lipinski definition) is 7. The summed E-state index contributed by atoms with van der Waals surface area (Å²) in [4.78, 5) is 14.0. The Kier molecular flexibility index (Phi) is 6.98. The molecule has 1 atom stereocenters. The Morgan fingerprint density at radius 1 is 1.11 bits per heavy atom. The van der Waals surface area contributed by atoms with Crippen LogP contribution in [-0.4, -0.2) is 83.8 Å². The van der Waals surface area contributed by atoms with Gasteiger partial charge in [-0.15, -0.1) is 0 Å². The van der Waals surface area contributed by atoms with E-state index in [4.69, 9.17) is 0 Å². The maximum Gasteiger partial charge on any atom is 0.225 e. The van der Waals surface area contributed by atoms with Crippen molar-refractivity contribution in [2.45, 2.75) is 13.0 Å². The van der Waals surface area contributed by atoms with Crippen molar-refractivity contribution in [1.29, 1.82) is 0 Å². The molecule has 0 saturated carbocycles. The molecule has 3 rings (SSSR count). The third-order valence-electron chi connectivity index (χ3n) is 4.78. The Hall–Kier alpha value is -2.22. The predicted molar refractivity (Wildman–Crippen MR) is 110 cm³/mol. The molecule has 0 bridgehead atoms. The van der Waals surface area contributed by atoms with E-state index in [1.54, 1.807) is 0 Å². The molecule has 0 spiro atoms. The van der Waals surface area contributed by atoms with Crippen LogP contribution < -0.4 is 10.6 Å². The first kappa shape index (κ1) is 19.5. The summed E-state index contributed by atoms with van der Waals surface area (Å²) in [7, 11) is 2.17. The van der Waals surface area contributed by atoms with Crippen LogP contribution in [0.15, 0.2) is 36.4 Å². The topological polar surface area (TPSA) is 76.6 Å². The first-order valence-electron chi connectivity index (χ1n) is 9.60. The molecule has 3 N–H and O–H groups in total. The van der Waals surface area contributed by atoms with E-state index in [0.29, 0.717) is 5.95 Å². The normalized spacial score (nSPS) is 16.9. The Morgan fingerprint density at radius 3 is 2.56 bits per heavy atom. The van der Waals surface area contributed by atoms with E-state index in [0.717, 1.165) is 56.3 Å². The second kappa shape index (κ2) is 9.64. The predicted octanol–water partition coefficient (Wildman–Crippen LogP) is 1.60. The molecule has 0 amide bonds. The van der Waals surface area contributed by atoms with Gasteiger partial charge >= 0.3 is 0 Å². The zero-order valence-corrected chi connectivity index (χ0v) is 16.2. The van der Waals surface area contributed by atoms with Gasteiger partial charge in [-0.25, -0.2) is 4.98 Å². The molecule has 0 radical (unpaired) electrons. The summed E-state index contributed by atoms with van der Waals surface area (Å²) in [6.45, 7) is 8.23. The van der Waals surface area contributed by atoms with Gasteiger partial charge in [0.15, 0.2) is 0 Å². The Balaban J connectivity index is 1.68. The van der Waals surface area contributed by atoms with Crippen LogP contribution in [0.4, 0.5) is 11.8 Å². The standard InChI is InChI=1S/C20H30N6O/c1-16(15-27)22-20-23-18(17-6-4-3-5-7-17)14-19(24-20)21-8-9-26-12-10-25(2)11-13-26/h3-7,14,16,27H,8-13,15H2,1-2H3,(H2,21,22,23,24)/t16-/m0/s1. The highest BCUT2D eigenvalue weighted by Gasteiger charge is 2.13. The van der Waals surface area contributed by atoms with E-state index in [1.165, 1.54) is 0 Å². The van der Waals surface area contributed by atoms with Gasteiger partial charge in [0.25, 0.3) is 0 Å². The molecule has 146 valence electrons. The number of anilines is 2. The van der Waals surface area contributed by atoms with Crippen LogP contribution in [0.2, 0.25) is 0 Å². The van der Waals surface area contributed by atoms with E-state index < -0.39 is 0 Å². The highest BCUT2D eigenvalue weighted by molar-refractivity contribution is 5.64. The van der Waals surface area contributed by atoms with Gasteiger partial charge in [0.05, 0.1) is 12.3 Å². The molecule has 27 heavy (non-hydrogen) atoms. The summed E-state index contributed by atoms with van der Waals surface area (Å²) >= 11 is 0. The number of nitrogens with one attached hydrogen (secondary N) is 2. The number of benzene rings is 1. The van der Waals surface area contributed by atoms with Crippen molar-refractivity contribution in [3.63, 3.8) is 0 Å². The van der Waals surface area contributed by atoms with E-state index in [1.807, 2.05) is 43.3 Å². The molecule has 7 nitrogen and oxygen atoms in total. The van der Waals surface area contributed by atoms with Crippen LogP contribution >= 0.6 is 0 Å². The number of aromatic nitrogens is 2. The molecule has 1 fully saturated rings. The van der Waals surface area contributed by atoms with Crippen molar-refractivity contribution in [2.24, 2.45) is 0 Å². The van der Waals surface area contributed by atoms with Gasteiger partial charge < -0.3 is 20.6 Å². The van der Waals surface area contributed by atoms with Gasteiger partial charge in [-0.2, -0.15) is 4.98 Å². The molecule has 1 aliphatic rings. The lowest BCUT2D eigenvalue weighted by Crippen LogP contribution is -2.45. The molecule has 2 heterocycles.